The molecule has 0 aliphatic rings. The van der Waals surface area contributed by atoms with E-state index in [1.54, 1.807) is 0 Å². The summed E-state index contributed by atoms with van der Waals surface area (Å²) >= 11 is 0. The maximum atomic E-state index is 8.60. The summed E-state index contributed by atoms with van der Waals surface area (Å²) in [5.74, 6) is 0.424. The molecule has 0 heterocycles. The van der Waals surface area contributed by atoms with Crippen LogP contribution in [0.15, 0.2) is 12.2 Å². The molecule has 1 nitrogen and oxygen atoms in total. The van der Waals surface area contributed by atoms with E-state index in [1.165, 1.54) is 0 Å². The number of hydrogen-bond donors (Lipinski definition) is 1. The van der Waals surface area contributed by atoms with Crippen LogP contribution in [0.1, 0.15) is 26.7 Å². The molecule has 0 aliphatic carbocycles. The Balaban J connectivity index is 3.15. The lowest BCUT2D eigenvalue weighted by Crippen LogP contribution is -1.97. The van der Waals surface area contributed by atoms with E-state index in [0.29, 0.717) is 12.5 Å². The van der Waals surface area contributed by atoms with Crippen LogP contribution >= 0.6 is 0 Å². The van der Waals surface area contributed by atoms with Crippen molar-refractivity contribution in [3.8, 4) is 0 Å². The average Bonchev–Trinajstić information content (AvgIpc) is 1.89. The zero-order chi connectivity index (χ0) is 7.11. The van der Waals surface area contributed by atoms with Gasteiger partial charge in [0.05, 0.1) is 0 Å². The molecular weight excluding hydrogens is 112 g/mol. The van der Waals surface area contributed by atoms with E-state index in [-0.39, 0.29) is 0 Å². The molecule has 1 atom stereocenters. The lowest BCUT2D eigenvalue weighted by Gasteiger charge is -2.00. The third kappa shape index (κ3) is 5.57. The molecule has 0 saturated heterocycles. The molecule has 1 heteroatoms. The molecule has 0 fully saturated rings. The molecule has 54 valence electrons. The van der Waals surface area contributed by atoms with Gasteiger partial charge in [0.15, 0.2) is 0 Å². The van der Waals surface area contributed by atoms with Gasteiger partial charge in [0.1, 0.15) is 0 Å². The van der Waals surface area contributed by atoms with Crippen LogP contribution in [0.25, 0.3) is 0 Å². The second-order valence-electron chi connectivity index (χ2n) is 2.40. The van der Waals surface area contributed by atoms with Gasteiger partial charge in [-0.1, -0.05) is 26.0 Å². The molecule has 0 aromatic rings. The van der Waals surface area contributed by atoms with Crippen LogP contribution in [-0.2, 0) is 0 Å². The van der Waals surface area contributed by atoms with Crippen molar-refractivity contribution in [1.29, 1.82) is 0 Å². The van der Waals surface area contributed by atoms with Gasteiger partial charge in [-0.05, 0) is 18.8 Å². The summed E-state index contributed by atoms with van der Waals surface area (Å²) in [6.07, 6.45) is 6.36. The van der Waals surface area contributed by atoms with Gasteiger partial charge in [-0.3, -0.25) is 0 Å². The zero-order valence-electron chi connectivity index (χ0n) is 6.30. The second-order valence-corrected chi connectivity index (χ2v) is 2.40. The molecule has 0 aromatic heterocycles. The molecular formula is C8H16O. The van der Waals surface area contributed by atoms with Crippen LogP contribution in [0.5, 0.6) is 0 Å². The Kier molecular flexibility index (Phi) is 5.64. The van der Waals surface area contributed by atoms with Crippen LogP contribution in [0.2, 0.25) is 0 Å². The van der Waals surface area contributed by atoms with Gasteiger partial charge in [0.25, 0.3) is 0 Å². The average molecular weight is 128 g/mol. The topological polar surface area (TPSA) is 20.2 Å². The van der Waals surface area contributed by atoms with E-state index in [2.05, 4.69) is 19.1 Å². The summed E-state index contributed by atoms with van der Waals surface area (Å²) < 4.78 is 0. The number of aliphatic hydroxyl groups is 1. The molecule has 9 heavy (non-hydrogen) atoms. The zero-order valence-corrected chi connectivity index (χ0v) is 6.30. The number of hydrogen-bond acceptors (Lipinski definition) is 1. The molecule has 0 rings (SSSR count). The highest BCUT2D eigenvalue weighted by Gasteiger charge is 1.93. The molecule has 1 N–H and O–H groups in total. The number of allylic oxidation sites excluding steroid dienone is 2. The van der Waals surface area contributed by atoms with E-state index in [4.69, 9.17) is 5.11 Å². The summed E-state index contributed by atoms with van der Waals surface area (Å²) in [5, 5.41) is 8.60. The third-order valence-electron chi connectivity index (χ3n) is 1.25. The van der Waals surface area contributed by atoms with Gasteiger partial charge in [0, 0.05) is 6.61 Å². The van der Waals surface area contributed by atoms with Crippen LogP contribution in [0.3, 0.4) is 0 Å². The summed E-state index contributed by atoms with van der Waals surface area (Å²) in [6.45, 7) is 4.45. The van der Waals surface area contributed by atoms with E-state index in [1.807, 2.05) is 6.92 Å². The molecule has 0 amide bonds. The van der Waals surface area contributed by atoms with E-state index in [0.717, 1.165) is 12.8 Å². The standard InChI is InChI=1S/C8H16O/c1-3-4-5-6-8(2)7-9/h4-5,8-9H,3,6-7H2,1-2H3/b5-4-/t8-/m1/s1. The fourth-order valence-electron chi connectivity index (χ4n) is 0.570. The van der Waals surface area contributed by atoms with Crippen molar-refractivity contribution < 1.29 is 5.11 Å². The Morgan fingerprint density at radius 2 is 2.11 bits per heavy atom. The summed E-state index contributed by atoms with van der Waals surface area (Å²) in [4.78, 5) is 0. The number of rotatable bonds is 4. The van der Waals surface area contributed by atoms with Crippen molar-refractivity contribution in [2.24, 2.45) is 5.92 Å². The van der Waals surface area contributed by atoms with Crippen molar-refractivity contribution in [3.05, 3.63) is 12.2 Å². The Labute approximate surface area is 57.4 Å². The van der Waals surface area contributed by atoms with Crippen LogP contribution < -0.4 is 0 Å². The molecule has 0 aromatic carbocycles. The minimum Gasteiger partial charge on any atom is -0.396 e. The van der Waals surface area contributed by atoms with Gasteiger partial charge in [-0.25, -0.2) is 0 Å². The highest BCUT2D eigenvalue weighted by atomic mass is 16.3. The lowest BCUT2D eigenvalue weighted by atomic mass is 10.1. The minimum absolute atomic E-state index is 0.300. The fourth-order valence-corrected chi connectivity index (χ4v) is 0.570. The minimum atomic E-state index is 0.300. The Hall–Kier alpha value is -0.300. The first-order valence-corrected chi connectivity index (χ1v) is 3.57. The Morgan fingerprint density at radius 3 is 2.56 bits per heavy atom. The molecule has 0 spiro atoms. The van der Waals surface area contributed by atoms with Crippen molar-refractivity contribution in [3.63, 3.8) is 0 Å². The van der Waals surface area contributed by atoms with E-state index in [9.17, 15) is 0 Å². The van der Waals surface area contributed by atoms with E-state index >= 15 is 0 Å². The van der Waals surface area contributed by atoms with Crippen molar-refractivity contribution in [1.82, 2.24) is 0 Å². The monoisotopic (exact) mass is 128 g/mol. The summed E-state index contributed by atoms with van der Waals surface area (Å²) in [7, 11) is 0. The largest absolute Gasteiger partial charge is 0.396 e. The van der Waals surface area contributed by atoms with Gasteiger partial charge in [-0.15, -0.1) is 0 Å². The van der Waals surface area contributed by atoms with Crippen LogP contribution in [0.4, 0.5) is 0 Å². The molecule has 0 unspecified atom stereocenters. The quantitative estimate of drug-likeness (QED) is 0.574. The highest BCUT2D eigenvalue weighted by Crippen LogP contribution is 2.00. The number of aliphatic hydroxyl groups excluding tert-OH is 1. The molecule has 0 radical (unpaired) electrons. The van der Waals surface area contributed by atoms with E-state index < -0.39 is 0 Å². The van der Waals surface area contributed by atoms with Crippen molar-refractivity contribution in [2.45, 2.75) is 26.7 Å². The second kappa shape index (κ2) is 5.83. The fraction of sp³-hybridized carbons (Fsp3) is 0.750. The first-order valence-electron chi connectivity index (χ1n) is 3.57. The van der Waals surface area contributed by atoms with Crippen molar-refractivity contribution >= 4 is 0 Å². The van der Waals surface area contributed by atoms with Crippen LogP contribution in [0, 0.1) is 5.92 Å². The van der Waals surface area contributed by atoms with Gasteiger partial charge in [0.2, 0.25) is 0 Å². The third-order valence-corrected chi connectivity index (χ3v) is 1.25. The first kappa shape index (κ1) is 8.70. The van der Waals surface area contributed by atoms with Crippen molar-refractivity contribution in [2.75, 3.05) is 6.61 Å². The smallest absolute Gasteiger partial charge is 0.0459 e. The van der Waals surface area contributed by atoms with Gasteiger partial charge < -0.3 is 5.11 Å². The SMILES string of the molecule is CC/C=C\C[C@@H](C)CO. The predicted octanol–water partition coefficient (Wildman–Crippen LogP) is 1.97. The van der Waals surface area contributed by atoms with Crippen LogP contribution in [-0.4, -0.2) is 11.7 Å². The maximum absolute atomic E-state index is 8.60. The Bertz CT molecular complexity index is 76.6. The lowest BCUT2D eigenvalue weighted by molar-refractivity contribution is 0.239. The molecule has 0 saturated carbocycles. The summed E-state index contributed by atoms with van der Waals surface area (Å²) in [5.41, 5.74) is 0. The highest BCUT2D eigenvalue weighted by molar-refractivity contribution is 4.81. The van der Waals surface area contributed by atoms with Gasteiger partial charge in [-0.2, -0.15) is 0 Å². The molecule has 0 aliphatic heterocycles. The molecule has 0 bridgehead atoms. The maximum Gasteiger partial charge on any atom is 0.0459 e. The van der Waals surface area contributed by atoms with Gasteiger partial charge >= 0.3 is 0 Å². The summed E-state index contributed by atoms with van der Waals surface area (Å²) in [6, 6.07) is 0. The predicted molar refractivity (Wildman–Crippen MR) is 40.3 cm³/mol. The normalized spacial score (nSPS) is 14.6. The Morgan fingerprint density at radius 1 is 1.44 bits per heavy atom. The first-order chi connectivity index (χ1) is 4.31.